The highest BCUT2D eigenvalue weighted by molar-refractivity contribution is 5.99. The Hall–Kier alpha value is -2.89. The molecule has 0 heterocycles. The highest BCUT2D eigenvalue weighted by Gasteiger charge is 2.10. The van der Waals surface area contributed by atoms with Gasteiger partial charge in [0.1, 0.15) is 11.6 Å². The lowest BCUT2D eigenvalue weighted by atomic mass is 10.2. The van der Waals surface area contributed by atoms with Crippen LogP contribution in [0.3, 0.4) is 0 Å². The number of nitrogens with one attached hydrogen (secondary N) is 2. The maximum absolute atomic E-state index is 13.2. The Balaban J connectivity index is 1.83. The average molecular weight is 358 g/mol. The third-order valence-corrected chi connectivity index (χ3v) is 3.77. The Morgan fingerprint density at radius 1 is 1.12 bits per heavy atom. The fourth-order valence-electron chi connectivity index (χ4n) is 2.22. The average Bonchev–Trinajstić information content (AvgIpc) is 2.63. The van der Waals surface area contributed by atoms with Crippen LogP contribution in [0.25, 0.3) is 0 Å². The lowest BCUT2D eigenvalue weighted by Crippen LogP contribution is -2.33. The number of carbonyl (C=O) groups excluding carboxylic acids is 2. The lowest BCUT2D eigenvalue weighted by molar-refractivity contribution is -0.115. The number of unbranched alkanes of at least 4 members (excludes halogenated alkanes) is 1. The van der Waals surface area contributed by atoms with Gasteiger partial charge in [0, 0.05) is 11.3 Å². The van der Waals surface area contributed by atoms with Gasteiger partial charge >= 0.3 is 0 Å². The normalized spacial score (nSPS) is 10.3. The number of amides is 2. The van der Waals surface area contributed by atoms with Crippen molar-refractivity contribution in [2.45, 2.75) is 26.7 Å². The molecular weight excluding hydrogens is 335 g/mol. The topological polar surface area (TPSA) is 67.4 Å². The molecule has 0 fully saturated rings. The lowest BCUT2D eigenvalue weighted by Gasteiger charge is -2.10. The number of carbonyl (C=O) groups is 2. The second-order valence-corrected chi connectivity index (χ2v) is 5.92. The molecule has 0 aliphatic rings. The van der Waals surface area contributed by atoms with Gasteiger partial charge in [-0.05, 0) is 55.3 Å². The van der Waals surface area contributed by atoms with Gasteiger partial charge in [-0.1, -0.05) is 19.4 Å². The van der Waals surface area contributed by atoms with Crippen molar-refractivity contribution < 1.29 is 18.7 Å². The SMILES string of the molecule is CCCCOc1ccc(C(=O)NCC(=O)Nc2cc(F)ccc2C)cc1. The molecule has 0 bridgehead atoms. The summed E-state index contributed by atoms with van der Waals surface area (Å²) in [4.78, 5) is 24.0. The number of anilines is 1. The Morgan fingerprint density at radius 2 is 1.85 bits per heavy atom. The summed E-state index contributed by atoms with van der Waals surface area (Å²) >= 11 is 0. The van der Waals surface area contributed by atoms with Gasteiger partial charge in [0.2, 0.25) is 5.91 Å². The van der Waals surface area contributed by atoms with Crippen LogP contribution in [-0.4, -0.2) is 25.0 Å². The molecule has 26 heavy (non-hydrogen) atoms. The van der Waals surface area contributed by atoms with E-state index in [2.05, 4.69) is 17.6 Å². The molecule has 0 aromatic heterocycles. The molecule has 0 aliphatic carbocycles. The first-order chi connectivity index (χ1) is 12.5. The highest BCUT2D eigenvalue weighted by Crippen LogP contribution is 2.16. The molecule has 2 amide bonds. The molecule has 138 valence electrons. The van der Waals surface area contributed by atoms with E-state index in [1.54, 1.807) is 37.3 Å². The van der Waals surface area contributed by atoms with Crippen LogP contribution in [0.4, 0.5) is 10.1 Å². The first-order valence-corrected chi connectivity index (χ1v) is 8.56. The van der Waals surface area contributed by atoms with E-state index in [0.29, 0.717) is 23.6 Å². The minimum absolute atomic E-state index is 0.205. The van der Waals surface area contributed by atoms with E-state index in [-0.39, 0.29) is 12.5 Å². The molecule has 0 spiro atoms. The maximum atomic E-state index is 13.2. The van der Waals surface area contributed by atoms with Gasteiger partial charge < -0.3 is 15.4 Å². The van der Waals surface area contributed by atoms with Crippen LogP contribution in [0.15, 0.2) is 42.5 Å². The number of hydrogen-bond acceptors (Lipinski definition) is 3. The molecule has 0 saturated carbocycles. The van der Waals surface area contributed by atoms with Gasteiger partial charge in [-0.2, -0.15) is 0 Å². The van der Waals surface area contributed by atoms with Crippen LogP contribution in [0.2, 0.25) is 0 Å². The second kappa shape index (κ2) is 9.56. The van der Waals surface area contributed by atoms with Crippen LogP contribution in [0.5, 0.6) is 5.75 Å². The fraction of sp³-hybridized carbons (Fsp3) is 0.300. The van der Waals surface area contributed by atoms with E-state index in [0.717, 1.165) is 18.4 Å². The summed E-state index contributed by atoms with van der Waals surface area (Å²) in [5, 5.41) is 5.12. The van der Waals surface area contributed by atoms with Crippen molar-refractivity contribution in [2.24, 2.45) is 0 Å². The first kappa shape index (κ1) is 19.4. The second-order valence-electron chi connectivity index (χ2n) is 5.92. The van der Waals surface area contributed by atoms with Crippen LogP contribution < -0.4 is 15.4 Å². The van der Waals surface area contributed by atoms with Gasteiger partial charge in [-0.15, -0.1) is 0 Å². The van der Waals surface area contributed by atoms with Crippen LogP contribution in [0.1, 0.15) is 35.7 Å². The van der Waals surface area contributed by atoms with Crippen molar-refractivity contribution in [3.63, 3.8) is 0 Å². The predicted octanol–water partition coefficient (Wildman–Crippen LogP) is 3.68. The van der Waals surface area contributed by atoms with Crippen molar-refractivity contribution in [3.8, 4) is 5.75 Å². The van der Waals surface area contributed by atoms with E-state index >= 15 is 0 Å². The quantitative estimate of drug-likeness (QED) is 0.708. The van der Waals surface area contributed by atoms with Gasteiger partial charge in [-0.3, -0.25) is 9.59 Å². The molecular formula is C20H23FN2O3. The number of hydrogen-bond donors (Lipinski definition) is 2. The zero-order chi connectivity index (χ0) is 18.9. The summed E-state index contributed by atoms with van der Waals surface area (Å²) in [6, 6.07) is 10.9. The third kappa shape index (κ3) is 5.88. The standard InChI is InChI=1S/C20H23FN2O3/c1-3-4-11-26-17-9-6-15(7-10-17)20(25)22-13-19(24)23-18-12-16(21)8-5-14(18)2/h5-10,12H,3-4,11,13H2,1-2H3,(H,22,25)(H,23,24). The van der Waals surface area contributed by atoms with Crippen LogP contribution in [0, 0.1) is 12.7 Å². The van der Waals surface area contributed by atoms with Crippen LogP contribution in [-0.2, 0) is 4.79 Å². The van der Waals surface area contributed by atoms with Crippen molar-refractivity contribution in [3.05, 3.63) is 59.4 Å². The van der Waals surface area contributed by atoms with E-state index in [1.807, 2.05) is 0 Å². The van der Waals surface area contributed by atoms with Gasteiger partial charge in [0.05, 0.1) is 13.2 Å². The fourth-order valence-corrected chi connectivity index (χ4v) is 2.22. The molecule has 2 N–H and O–H groups in total. The van der Waals surface area contributed by atoms with Crippen molar-refractivity contribution >= 4 is 17.5 Å². The third-order valence-electron chi connectivity index (χ3n) is 3.77. The molecule has 2 aromatic rings. The molecule has 0 atom stereocenters. The summed E-state index contributed by atoms with van der Waals surface area (Å²) in [5.74, 6) is -0.520. The maximum Gasteiger partial charge on any atom is 0.251 e. The van der Waals surface area contributed by atoms with Gasteiger partial charge in [-0.25, -0.2) is 4.39 Å². The predicted molar refractivity (Wildman–Crippen MR) is 98.9 cm³/mol. The molecule has 2 rings (SSSR count). The van der Waals surface area contributed by atoms with Crippen LogP contribution >= 0.6 is 0 Å². The Kier molecular flexibility index (Phi) is 7.14. The van der Waals surface area contributed by atoms with Gasteiger partial charge in [0.25, 0.3) is 5.91 Å². The molecule has 6 heteroatoms. The number of rotatable bonds is 8. The van der Waals surface area contributed by atoms with E-state index in [1.165, 1.54) is 12.1 Å². The first-order valence-electron chi connectivity index (χ1n) is 8.56. The molecule has 0 unspecified atom stereocenters. The van der Waals surface area contributed by atoms with E-state index in [4.69, 9.17) is 4.74 Å². The number of benzene rings is 2. The van der Waals surface area contributed by atoms with E-state index in [9.17, 15) is 14.0 Å². The van der Waals surface area contributed by atoms with Crippen molar-refractivity contribution in [1.29, 1.82) is 0 Å². The van der Waals surface area contributed by atoms with E-state index < -0.39 is 11.7 Å². The Morgan fingerprint density at radius 3 is 2.54 bits per heavy atom. The van der Waals surface area contributed by atoms with Crippen molar-refractivity contribution in [2.75, 3.05) is 18.5 Å². The molecule has 0 radical (unpaired) electrons. The summed E-state index contributed by atoms with van der Waals surface area (Å²) in [5.41, 5.74) is 1.56. The number of ether oxygens (including phenoxy) is 1. The minimum Gasteiger partial charge on any atom is -0.494 e. The highest BCUT2D eigenvalue weighted by atomic mass is 19.1. The Labute approximate surface area is 152 Å². The number of aryl methyl sites for hydroxylation is 1. The molecule has 0 aliphatic heterocycles. The summed E-state index contributed by atoms with van der Waals surface area (Å²) in [7, 11) is 0. The summed E-state index contributed by atoms with van der Waals surface area (Å²) in [6.07, 6.45) is 2.03. The minimum atomic E-state index is -0.434. The summed E-state index contributed by atoms with van der Waals surface area (Å²) in [6.45, 7) is 4.28. The largest absolute Gasteiger partial charge is 0.494 e. The summed E-state index contributed by atoms with van der Waals surface area (Å²) < 4.78 is 18.8. The Bertz CT molecular complexity index is 760. The number of halogens is 1. The molecule has 0 saturated heterocycles. The molecule has 5 nitrogen and oxygen atoms in total. The monoisotopic (exact) mass is 358 g/mol. The smallest absolute Gasteiger partial charge is 0.251 e. The zero-order valence-corrected chi connectivity index (χ0v) is 15.0. The van der Waals surface area contributed by atoms with Crippen molar-refractivity contribution in [1.82, 2.24) is 5.32 Å². The van der Waals surface area contributed by atoms with Gasteiger partial charge in [0.15, 0.2) is 0 Å². The zero-order valence-electron chi connectivity index (χ0n) is 15.0. The molecule has 2 aromatic carbocycles.